The van der Waals surface area contributed by atoms with Crippen molar-refractivity contribution in [3.05, 3.63) is 23.4 Å². The summed E-state index contributed by atoms with van der Waals surface area (Å²) in [4.78, 5) is 19.0. The van der Waals surface area contributed by atoms with Gasteiger partial charge in [-0.05, 0) is 38.8 Å². The summed E-state index contributed by atoms with van der Waals surface area (Å²) in [6, 6.07) is 3.88. The predicted octanol–water partition coefficient (Wildman–Crippen LogP) is 2.33. The van der Waals surface area contributed by atoms with Gasteiger partial charge in [-0.15, -0.1) is 0 Å². The van der Waals surface area contributed by atoms with E-state index in [-0.39, 0.29) is 18.1 Å². The highest BCUT2D eigenvalue weighted by atomic mass is 16.5. The van der Waals surface area contributed by atoms with Crippen LogP contribution in [0.3, 0.4) is 0 Å². The number of nitrogens with zero attached hydrogens (tertiary/aromatic N) is 2. The van der Waals surface area contributed by atoms with Gasteiger partial charge < -0.3 is 15.0 Å². The molecule has 2 rings (SSSR count). The van der Waals surface area contributed by atoms with Gasteiger partial charge in [0.15, 0.2) is 0 Å². The zero-order valence-electron chi connectivity index (χ0n) is 13.3. The summed E-state index contributed by atoms with van der Waals surface area (Å²) in [6.07, 6.45) is 1.81. The fourth-order valence-corrected chi connectivity index (χ4v) is 2.75. The minimum atomic E-state index is 0.0357. The van der Waals surface area contributed by atoms with Crippen molar-refractivity contribution in [2.24, 2.45) is 0 Å². The number of carbonyl (C=O) groups excluding carboxylic acids is 1. The van der Waals surface area contributed by atoms with Gasteiger partial charge >= 0.3 is 0 Å². The number of ether oxygens (including phenoxy) is 1. The van der Waals surface area contributed by atoms with Crippen molar-refractivity contribution in [2.75, 3.05) is 25.5 Å². The van der Waals surface area contributed by atoms with E-state index in [1.54, 1.807) is 0 Å². The first-order valence-corrected chi connectivity index (χ1v) is 7.70. The van der Waals surface area contributed by atoms with Gasteiger partial charge in [0.25, 0.3) is 5.91 Å². The molecule has 21 heavy (non-hydrogen) atoms. The van der Waals surface area contributed by atoms with Gasteiger partial charge in [0.1, 0.15) is 5.82 Å². The van der Waals surface area contributed by atoms with E-state index in [0.29, 0.717) is 5.56 Å². The van der Waals surface area contributed by atoms with Gasteiger partial charge in [0, 0.05) is 31.5 Å². The van der Waals surface area contributed by atoms with E-state index < -0.39 is 0 Å². The molecule has 1 N–H and O–H groups in total. The van der Waals surface area contributed by atoms with Crippen LogP contribution in [-0.2, 0) is 11.2 Å². The molecule has 1 aromatic rings. The number of carbonyl (C=O) groups is 1. The van der Waals surface area contributed by atoms with Crippen molar-refractivity contribution in [3.63, 3.8) is 0 Å². The van der Waals surface area contributed by atoms with Crippen molar-refractivity contribution in [3.8, 4) is 0 Å². The van der Waals surface area contributed by atoms with Crippen LogP contribution < -0.4 is 5.32 Å². The van der Waals surface area contributed by atoms with E-state index in [4.69, 9.17) is 4.74 Å². The van der Waals surface area contributed by atoms with E-state index in [9.17, 15) is 4.79 Å². The normalized spacial score (nSPS) is 21.3. The number of aryl methyl sites for hydroxylation is 1. The van der Waals surface area contributed by atoms with E-state index >= 15 is 0 Å². The van der Waals surface area contributed by atoms with Crippen LogP contribution in [0.1, 0.15) is 43.2 Å². The van der Waals surface area contributed by atoms with Crippen LogP contribution in [0.5, 0.6) is 0 Å². The third-order valence-corrected chi connectivity index (χ3v) is 4.00. The monoisotopic (exact) mass is 291 g/mol. The standard InChI is InChI=1S/C16H25N3O2/c1-5-13-9-12(10-15(18-13)17-6-2)16(20)19(4)14-7-8-21-11(14)3/h9-11,14H,5-8H2,1-4H3,(H,17,18). The molecule has 116 valence electrons. The molecule has 0 saturated carbocycles. The Bertz CT molecular complexity index is 504. The highest BCUT2D eigenvalue weighted by Crippen LogP contribution is 2.21. The number of nitrogens with one attached hydrogen (secondary N) is 1. The maximum atomic E-state index is 12.7. The molecular formula is C16H25N3O2. The Kier molecular flexibility index (Phi) is 5.17. The second kappa shape index (κ2) is 6.89. The summed E-state index contributed by atoms with van der Waals surface area (Å²) >= 11 is 0. The van der Waals surface area contributed by atoms with E-state index in [1.165, 1.54) is 0 Å². The number of aromatic nitrogens is 1. The summed E-state index contributed by atoms with van der Waals surface area (Å²) in [5.74, 6) is 0.804. The first-order valence-electron chi connectivity index (χ1n) is 7.70. The van der Waals surface area contributed by atoms with E-state index in [1.807, 2.05) is 44.9 Å². The minimum absolute atomic E-state index is 0.0357. The molecule has 1 aliphatic rings. The third-order valence-electron chi connectivity index (χ3n) is 4.00. The van der Waals surface area contributed by atoms with Gasteiger partial charge in [0.05, 0.1) is 12.1 Å². The summed E-state index contributed by atoms with van der Waals surface area (Å²) < 4.78 is 5.56. The number of hydrogen-bond acceptors (Lipinski definition) is 4. The average Bonchev–Trinajstić information content (AvgIpc) is 2.91. The Morgan fingerprint density at radius 3 is 2.81 bits per heavy atom. The largest absolute Gasteiger partial charge is 0.376 e. The molecule has 2 heterocycles. The van der Waals surface area contributed by atoms with E-state index in [0.717, 1.165) is 37.5 Å². The smallest absolute Gasteiger partial charge is 0.254 e. The first kappa shape index (κ1) is 15.8. The Morgan fingerprint density at radius 2 is 2.24 bits per heavy atom. The van der Waals surface area contributed by atoms with Gasteiger partial charge in [0.2, 0.25) is 0 Å². The summed E-state index contributed by atoms with van der Waals surface area (Å²) in [7, 11) is 1.86. The molecule has 5 nitrogen and oxygen atoms in total. The Morgan fingerprint density at radius 1 is 1.48 bits per heavy atom. The summed E-state index contributed by atoms with van der Waals surface area (Å²) in [5, 5.41) is 3.19. The molecule has 0 aliphatic carbocycles. The maximum absolute atomic E-state index is 12.7. The van der Waals surface area contributed by atoms with Crippen molar-refractivity contribution in [1.82, 2.24) is 9.88 Å². The van der Waals surface area contributed by atoms with Gasteiger partial charge in [-0.3, -0.25) is 4.79 Å². The first-order chi connectivity index (χ1) is 10.1. The lowest BCUT2D eigenvalue weighted by Gasteiger charge is -2.27. The molecule has 0 radical (unpaired) electrons. The fraction of sp³-hybridized carbons (Fsp3) is 0.625. The number of anilines is 1. The molecule has 1 aromatic heterocycles. The van der Waals surface area contributed by atoms with Gasteiger partial charge in [-0.1, -0.05) is 6.92 Å². The van der Waals surface area contributed by atoms with Crippen molar-refractivity contribution in [1.29, 1.82) is 0 Å². The fourth-order valence-electron chi connectivity index (χ4n) is 2.75. The van der Waals surface area contributed by atoms with E-state index in [2.05, 4.69) is 10.3 Å². The Balaban J connectivity index is 2.23. The molecular weight excluding hydrogens is 266 g/mol. The zero-order valence-corrected chi connectivity index (χ0v) is 13.3. The van der Waals surface area contributed by atoms with Crippen molar-refractivity contribution < 1.29 is 9.53 Å². The number of likely N-dealkylation sites (N-methyl/N-ethyl adjacent to an activating group) is 1. The Labute approximate surface area is 126 Å². The van der Waals surface area contributed by atoms with Crippen LogP contribution in [0.15, 0.2) is 12.1 Å². The van der Waals surface area contributed by atoms with Crippen molar-refractivity contribution >= 4 is 11.7 Å². The number of amides is 1. The summed E-state index contributed by atoms with van der Waals surface area (Å²) in [5.41, 5.74) is 1.63. The molecule has 5 heteroatoms. The highest BCUT2D eigenvalue weighted by molar-refractivity contribution is 5.95. The van der Waals surface area contributed by atoms with Crippen LogP contribution in [0.25, 0.3) is 0 Å². The number of pyridine rings is 1. The third kappa shape index (κ3) is 3.53. The molecule has 1 saturated heterocycles. The minimum Gasteiger partial charge on any atom is -0.376 e. The van der Waals surface area contributed by atoms with Crippen LogP contribution in [-0.4, -0.2) is 48.1 Å². The predicted molar refractivity (Wildman–Crippen MR) is 83.7 cm³/mol. The number of hydrogen-bond donors (Lipinski definition) is 1. The lowest BCUT2D eigenvalue weighted by atomic mass is 10.1. The van der Waals surface area contributed by atoms with Crippen LogP contribution in [0.2, 0.25) is 0 Å². The second-order valence-electron chi connectivity index (χ2n) is 5.46. The zero-order chi connectivity index (χ0) is 15.4. The molecule has 1 aliphatic heterocycles. The topological polar surface area (TPSA) is 54.5 Å². The lowest BCUT2D eigenvalue weighted by molar-refractivity contribution is 0.0574. The molecule has 2 atom stereocenters. The van der Waals surface area contributed by atoms with Gasteiger partial charge in [-0.25, -0.2) is 4.98 Å². The highest BCUT2D eigenvalue weighted by Gasteiger charge is 2.31. The second-order valence-corrected chi connectivity index (χ2v) is 5.46. The molecule has 2 unspecified atom stereocenters. The van der Waals surface area contributed by atoms with Crippen LogP contribution in [0.4, 0.5) is 5.82 Å². The maximum Gasteiger partial charge on any atom is 0.254 e. The lowest BCUT2D eigenvalue weighted by Crippen LogP contribution is -2.41. The molecule has 0 aromatic carbocycles. The molecule has 1 fully saturated rings. The average molecular weight is 291 g/mol. The number of rotatable bonds is 5. The Hall–Kier alpha value is -1.62. The quantitative estimate of drug-likeness (QED) is 0.904. The summed E-state index contributed by atoms with van der Waals surface area (Å²) in [6.45, 7) is 7.60. The molecule has 0 bridgehead atoms. The molecule has 1 amide bonds. The SMILES string of the molecule is CCNc1cc(C(=O)N(C)C2CCOC2C)cc(CC)n1. The molecule has 0 spiro atoms. The van der Waals surface area contributed by atoms with Crippen molar-refractivity contribution in [2.45, 2.75) is 45.8 Å². The van der Waals surface area contributed by atoms with Crippen LogP contribution in [0, 0.1) is 0 Å². The van der Waals surface area contributed by atoms with Gasteiger partial charge in [-0.2, -0.15) is 0 Å². The van der Waals surface area contributed by atoms with Crippen LogP contribution >= 0.6 is 0 Å².